The molecule has 0 aromatic heterocycles. The summed E-state index contributed by atoms with van der Waals surface area (Å²) < 4.78 is 0. The molecule has 0 spiro atoms. The van der Waals surface area contributed by atoms with Crippen molar-refractivity contribution in [2.75, 3.05) is 29.9 Å². The number of nitrogens with zero attached hydrogens (tertiary/aromatic N) is 1. The Kier molecular flexibility index (Phi) is 3.64. The summed E-state index contributed by atoms with van der Waals surface area (Å²) in [6.07, 6.45) is 1.09. The van der Waals surface area contributed by atoms with Crippen molar-refractivity contribution in [2.45, 2.75) is 20.3 Å². The maximum absolute atomic E-state index is 3.56. The van der Waals surface area contributed by atoms with Gasteiger partial charge in [0, 0.05) is 31.0 Å². The topological polar surface area (TPSA) is 15.3 Å². The Hall–Kier alpha value is -1.96. The van der Waals surface area contributed by atoms with Crippen molar-refractivity contribution < 1.29 is 0 Å². The summed E-state index contributed by atoms with van der Waals surface area (Å²) >= 11 is 0. The molecule has 2 nitrogen and oxygen atoms in total. The average molecular weight is 266 g/mol. The zero-order valence-corrected chi connectivity index (χ0v) is 12.3. The summed E-state index contributed by atoms with van der Waals surface area (Å²) in [5.41, 5.74) is 6.88. The molecule has 0 radical (unpaired) electrons. The van der Waals surface area contributed by atoms with Gasteiger partial charge in [-0.25, -0.2) is 0 Å². The third kappa shape index (κ3) is 2.51. The Labute approximate surface area is 121 Å². The lowest BCUT2D eigenvalue weighted by Gasteiger charge is -2.30. The first-order chi connectivity index (χ1) is 9.75. The molecular weight excluding hydrogens is 244 g/mol. The molecule has 20 heavy (non-hydrogen) atoms. The highest BCUT2D eigenvalue weighted by atomic mass is 15.1. The van der Waals surface area contributed by atoms with Gasteiger partial charge in [-0.3, -0.25) is 0 Å². The number of nitrogens with one attached hydrogen (secondary N) is 1. The van der Waals surface area contributed by atoms with Crippen LogP contribution in [-0.4, -0.2) is 19.6 Å². The van der Waals surface area contributed by atoms with E-state index in [1.54, 1.807) is 0 Å². The van der Waals surface area contributed by atoms with Crippen LogP contribution in [0.2, 0.25) is 0 Å². The number of hydrogen-bond donors (Lipinski definition) is 1. The fourth-order valence-electron chi connectivity index (χ4n) is 2.92. The van der Waals surface area contributed by atoms with Gasteiger partial charge in [0.05, 0.1) is 0 Å². The molecule has 1 N–H and O–H groups in total. The van der Waals surface area contributed by atoms with Crippen LogP contribution in [-0.2, 0) is 6.42 Å². The van der Waals surface area contributed by atoms with Crippen molar-refractivity contribution in [1.29, 1.82) is 0 Å². The Morgan fingerprint density at radius 1 is 0.950 bits per heavy atom. The Balaban J connectivity index is 1.85. The lowest BCUT2D eigenvalue weighted by molar-refractivity contribution is 0.771. The van der Waals surface area contributed by atoms with E-state index in [2.05, 4.69) is 66.5 Å². The third-order valence-corrected chi connectivity index (χ3v) is 4.28. The second kappa shape index (κ2) is 5.58. The van der Waals surface area contributed by atoms with Crippen LogP contribution in [0.3, 0.4) is 0 Å². The SMILES string of the molecule is Cc1cccc(N2CCNc3ccccc3CC2)c1C. The Morgan fingerprint density at radius 3 is 2.70 bits per heavy atom. The first-order valence-corrected chi connectivity index (χ1v) is 7.38. The van der Waals surface area contributed by atoms with E-state index in [1.807, 2.05) is 0 Å². The minimum atomic E-state index is 0.990. The van der Waals surface area contributed by atoms with Crippen LogP contribution in [0.25, 0.3) is 0 Å². The predicted octanol–water partition coefficient (Wildman–Crippen LogP) is 3.78. The van der Waals surface area contributed by atoms with Crippen molar-refractivity contribution in [1.82, 2.24) is 0 Å². The highest BCUT2D eigenvalue weighted by Gasteiger charge is 2.14. The summed E-state index contributed by atoms with van der Waals surface area (Å²) in [4.78, 5) is 2.51. The Bertz CT molecular complexity index is 604. The fraction of sp³-hybridized carbons (Fsp3) is 0.333. The second-order valence-corrected chi connectivity index (χ2v) is 5.54. The van der Waals surface area contributed by atoms with Crippen LogP contribution in [0.15, 0.2) is 42.5 Å². The molecule has 1 aliphatic heterocycles. The lowest BCUT2D eigenvalue weighted by Crippen LogP contribution is -2.33. The summed E-state index contributed by atoms with van der Waals surface area (Å²) in [6, 6.07) is 15.3. The molecular formula is C18H22N2. The van der Waals surface area contributed by atoms with E-state index in [0.717, 1.165) is 26.1 Å². The van der Waals surface area contributed by atoms with Crippen molar-refractivity contribution in [2.24, 2.45) is 0 Å². The number of anilines is 2. The highest BCUT2D eigenvalue weighted by Crippen LogP contribution is 2.25. The number of para-hydroxylation sites is 1. The van der Waals surface area contributed by atoms with Gasteiger partial charge in [-0.2, -0.15) is 0 Å². The van der Waals surface area contributed by atoms with Gasteiger partial charge in [0.1, 0.15) is 0 Å². The molecule has 0 fully saturated rings. The zero-order valence-electron chi connectivity index (χ0n) is 12.3. The van der Waals surface area contributed by atoms with E-state index in [9.17, 15) is 0 Å². The van der Waals surface area contributed by atoms with E-state index < -0.39 is 0 Å². The van der Waals surface area contributed by atoms with Gasteiger partial charge in [-0.15, -0.1) is 0 Å². The maximum atomic E-state index is 3.56. The molecule has 104 valence electrons. The van der Waals surface area contributed by atoms with Gasteiger partial charge < -0.3 is 10.2 Å². The van der Waals surface area contributed by atoms with Crippen LogP contribution in [0.4, 0.5) is 11.4 Å². The highest BCUT2D eigenvalue weighted by molar-refractivity contribution is 5.58. The molecule has 1 aliphatic rings. The number of aryl methyl sites for hydroxylation is 1. The Morgan fingerprint density at radius 2 is 1.80 bits per heavy atom. The molecule has 0 amide bonds. The summed E-state index contributed by atoms with van der Waals surface area (Å²) in [5, 5.41) is 3.56. The number of benzene rings is 2. The molecule has 0 bridgehead atoms. The molecule has 2 aromatic carbocycles. The molecule has 1 heterocycles. The van der Waals surface area contributed by atoms with E-state index in [0.29, 0.717) is 0 Å². The summed E-state index contributed by atoms with van der Waals surface area (Å²) in [7, 11) is 0. The van der Waals surface area contributed by atoms with Crippen molar-refractivity contribution in [3.05, 3.63) is 59.2 Å². The molecule has 0 saturated heterocycles. The smallest absolute Gasteiger partial charge is 0.0399 e. The van der Waals surface area contributed by atoms with Gasteiger partial charge in [0.25, 0.3) is 0 Å². The van der Waals surface area contributed by atoms with Crippen molar-refractivity contribution in [3.8, 4) is 0 Å². The first kappa shape index (κ1) is 13.0. The minimum absolute atomic E-state index is 0.990. The molecule has 2 aromatic rings. The van der Waals surface area contributed by atoms with E-state index in [-0.39, 0.29) is 0 Å². The quantitative estimate of drug-likeness (QED) is 0.845. The number of hydrogen-bond acceptors (Lipinski definition) is 2. The van der Waals surface area contributed by atoms with Gasteiger partial charge in [0.15, 0.2) is 0 Å². The van der Waals surface area contributed by atoms with Crippen LogP contribution in [0, 0.1) is 13.8 Å². The van der Waals surface area contributed by atoms with Crippen molar-refractivity contribution >= 4 is 11.4 Å². The molecule has 0 aliphatic carbocycles. The van der Waals surface area contributed by atoms with Gasteiger partial charge in [-0.1, -0.05) is 30.3 Å². The minimum Gasteiger partial charge on any atom is -0.383 e. The van der Waals surface area contributed by atoms with Crippen molar-refractivity contribution in [3.63, 3.8) is 0 Å². The second-order valence-electron chi connectivity index (χ2n) is 5.54. The van der Waals surface area contributed by atoms with E-state index >= 15 is 0 Å². The fourth-order valence-corrected chi connectivity index (χ4v) is 2.92. The standard InChI is InChI=1S/C18H22N2/c1-14-6-5-9-18(15(14)2)20-12-10-16-7-3-4-8-17(16)19-11-13-20/h3-9,19H,10-13H2,1-2H3. The third-order valence-electron chi connectivity index (χ3n) is 4.28. The van der Waals surface area contributed by atoms with E-state index in [4.69, 9.17) is 0 Å². The van der Waals surface area contributed by atoms with Crippen LogP contribution in [0.1, 0.15) is 16.7 Å². The van der Waals surface area contributed by atoms with Crippen LogP contribution >= 0.6 is 0 Å². The normalized spacial score (nSPS) is 15.0. The van der Waals surface area contributed by atoms with Crippen LogP contribution in [0.5, 0.6) is 0 Å². The molecule has 0 atom stereocenters. The zero-order chi connectivity index (χ0) is 13.9. The summed E-state index contributed by atoms with van der Waals surface area (Å²) in [5.74, 6) is 0. The molecule has 0 unspecified atom stereocenters. The first-order valence-electron chi connectivity index (χ1n) is 7.38. The monoisotopic (exact) mass is 266 g/mol. The van der Waals surface area contributed by atoms with Gasteiger partial charge >= 0.3 is 0 Å². The average Bonchev–Trinajstić information content (AvgIpc) is 2.44. The largest absolute Gasteiger partial charge is 0.383 e. The number of fused-ring (bicyclic) bond motifs is 1. The summed E-state index contributed by atoms with van der Waals surface area (Å²) in [6.45, 7) is 7.55. The molecule has 3 rings (SSSR count). The lowest BCUT2D eigenvalue weighted by atomic mass is 10.0. The van der Waals surface area contributed by atoms with Gasteiger partial charge in [-0.05, 0) is 49.1 Å². The number of rotatable bonds is 1. The van der Waals surface area contributed by atoms with Gasteiger partial charge in [0.2, 0.25) is 0 Å². The van der Waals surface area contributed by atoms with Crippen LogP contribution < -0.4 is 10.2 Å². The van der Waals surface area contributed by atoms with E-state index in [1.165, 1.54) is 28.1 Å². The molecule has 2 heteroatoms. The predicted molar refractivity (Wildman–Crippen MR) is 86.8 cm³/mol. The maximum Gasteiger partial charge on any atom is 0.0399 e. The molecule has 0 saturated carbocycles.